The van der Waals surface area contributed by atoms with E-state index in [4.69, 9.17) is 5.11 Å². The fourth-order valence-electron chi connectivity index (χ4n) is 3.15. The summed E-state index contributed by atoms with van der Waals surface area (Å²) in [6.45, 7) is 8.17. The number of hydrogen-bond acceptors (Lipinski definition) is 3. The van der Waals surface area contributed by atoms with Crippen molar-refractivity contribution in [2.24, 2.45) is 5.41 Å². The van der Waals surface area contributed by atoms with Crippen LogP contribution in [0.2, 0.25) is 0 Å². The molecular formula is C15H25O3S-. The number of allylic oxidation sites excluding steroid dienone is 2. The number of rotatable bonds is 5. The van der Waals surface area contributed by atoms with Crippen LogP contribution >= 0.6 is 0 Å². The minimum absolute atomic E-state index is 0.0362. The van der Waals surface area contributed by atoms with Crippen LogP contribution in [0.15, 0.2) is 22.8 Å². The van der Waals surface area contributed by atoms with Crippen molar-refractivity contribution in [1.82, 2.24) is 0 Å². The largest absolute Gasteiger partial charge is 0.772 e. The predicted molar refractivity (Wildman–Crippen MR) is 78.5 cm³/mol. The monoisotopic (exact) mass is 285 g/mol. The lowest BCUT2D eigenvalue weighted by Gasteiger charge is -2.40. The summed E-state index contributed by atoms with van der Waals surface area (Å²) in [5.41, 5.74) is 3.19. The van der Waals surface area contributed by atoms with Crippen molar-refractivity contribution in [1.29, 1.82) is 0 Å². The highest BCUT2D eigenvalue weighted by Crippen LogP contribution is 2.44. The number of aliphatic hydroxyl groups excluding tert-OH is 1. The normalized spacial score (nSPS) is 23.4. The molecule has 1 aliphatic carbocycles. The average Bonchev–Trinajstić information content (AvgIpc) is 2.26. The molecule has 0 spiro atoms. The van der Waals surface area contributed by atoms with Crippen LogP contribution in [0.3, 0.4) is 0 Å². The van der Waals surface area contributed by atoms with Gasteiger partial charge in [-0.25, -0.2) is 0 Å². The SMILES string of the molecule is CC1=C(C(C/C(C)=C/CO)S(=O)[O-])C(C)(C)CCC1. The molecule has 0 bridgehead atoms. The summed E-state index contributed by atoms with van der Waals surface area (Å²) < 4.78 is 23.3. The smallest absolute Gasteiger partial charge is 0.0614 e. The molecule has 19 heavy (non-hydrogen) atoms. The molecule has 0 saturated carbocycles. The van der Waals surface area contributed by atoms with Gasteiger partial charge in [0.05, 0.1) is 6.61 Å². The van der Waals surface area contributed by atoms with Gasteiger partial charge in [-0.05, 0) is 56.0 Å². The Hall–Kier alpha value is -0.450. The van der Waals surface area contributed by atoms with Crippen LogP contribution in [0.5, 0.6) is 0 Å². The van der Waals surface area contributed by atoms with Gasteiger partial charge in [0.25, 0.3) is 0 Å². The molecular weight excluding hydrogens is 260 g/mol. The highest BCUT2D eigenvalue weighted by Gasteiger charge is 2.34. The van der Waals surface area contributed by atoms with E-state index in [0.717, 1.165) is 30.4 Å². The molecule has 0 fully saturated rings. The van der Waals surface area contributed by atoms with Crippen LogP contribution in [-0.2, 0) is 11.1 Å². The highest BCUT2D eigenvalue weighted by atomic mass is 32.2. The molecule has 2 atom stereocenters. The van der Waals surface area contributed by atoms with E-state index in [9.17, 15) is 8.76 Å². The second-order valence-corrected chi connectivity index (χ2v) is 7.21. The molecule has 0 aromatic heterocycles. The van der Waals surface area contributed by atoms with Crippen LogP contribution < -0.4 is 0 Å². The minimum atomic E-state index is -2.12. The van der Waals surface area contributed by atoms with Gasteiger partial charge in [0, 0.05) is 5.25 Å². The topological polar surface area (TPSA) is 60.4 Å². The Morgan fingerprint density at radius 2 is 2.21 bits per heavy atom. The first kappa shape index (κ1) is 16.6. The molecule has 0 saturated heterocycles. The van der Waals surface area contributed by atoms with Gasteiger partial charge in [-0.1, -0.05) is 36.6 Å². The van der Waals surface area contributed by atoms with Crippen LogP contribution in [-0.4, -0.2) is 25.7 Å². The Balaban J connectivity index is 3.11. The van der Waals surface area contributed by atoms with E-state index in [-0.39, 0.29) is 12.0 Å². The maximum absolute atomic E-state index is 11.6. The molecule has 2 unspecified atom stereocenters. The summed E-state index contributed by atoms with van der Waals surface area (Å²) in [7, 11) is 0. The van der Waals surface area contributed by atoms with Gasteiger partial charge in [-0.3, -0.25) is 4.21 Å². The van der Waals surface area contributed by atoms with Crippen molar-refractivity contribution in [3.63, 3.8) is 0 Å². The molecule has 1 N–H and O–H groups in total. The third kappa shape index (κ3) is 4.26. The first-order chi connectivity index (χ1) is 8.79. The standard InChI is InChI=1S/C15H26O3S/c1-11(7-9-16)10-13(19(17)18)14-12(2)6-5-8-15(14,3)4/h7,13,16H,5-6,8-10H2,1-4H3,(H,17,18)/p-1/b11-7+. The Morgan fingerprint density at radius 1 is 1.58 bits per heavy atom. The molecule has 0 amide bonds. The van der Waals surface area contributed by atoms with Gasteiger partial charge in [0.15, 0.2) is 0 Å². The van der Waals surface area contributed by atoms with Crippen molar-refractivity contribution < 1.29 is 13.9 Å². The van der Waals surface area contributed by atoms with Gasteiger partial charge in [0.2, 0.25) is 0 Å². The third-order valence-electron chi connectivity index (χ3n) is 4.04. The first-order valence-electron chi connectivity index (χ1n) is 6.84. The summed E-state index contributed by atoms with van der Waals surface area (Å²) in [6, 6.07) is 0. The van der Waals surface area contributed by atoms with Crippen molar-refractivity contribution in [3.05, 3.63) is 22.8 Å². The quantitative estimate of drug-likeness (QED) is 0.623. The van der Waals surface area contributed by atoms with Gasteiger partial charge >= 0.3 is 0 Å². The maximum Gasteiger partial charge on any atom is 0.0614 e. The molecule has 3 nitrogen and oxygen atoms in total. The van der Waals surface area contributed by atoms with Crippen LogP contribution in [0.1, 0.15) is 53.4 Å². The van der Waals surface area contributed by atoms with Gasteiger partial charge in [-0.2, -0.15) is 0 Å². The molecule has 0 aromatic carbocycles. The van der Waals surface area contributed by atoms with Crippen molar-refractivity contribution in [3.8, 4) is 0 Å². The minimum Gasteiger partial charge on any atom is -0.772 e. The Kier molecular flexibility index (Phi) is 5.96. The first-order valence-corrected chi connectivity index (χ1v) is 7.98. The van der Waals surface area contributed by atoms with E-state index in [1.807, 2.05) is 6.92 Å². The average molecular weight is 285 g/mol. The second kappa shape index (κ2) is 6.82. The van der Waals surface area contributed by atoms with E-state index in [2.05, 4.69) is 20.8 Å². The zero-order valence-electron chi connectivity index (χ0n) is 12.4. The fourth-order valence-corrected chi connectivity index (χ4v) is 4.26. The van der Waals surface area contributed by atoms with E-state index in [1.165, 1.54) is 5.57 Å². The predicted octanol–water partition coefficient (Wildman–Crippen LogP) is 3.09. The summed E-state index contributed by atoms with van der Waals surface area (Å²) in [5.74, 6) is 0. The molecule has 0 aromatic rings. The molecule has 1 aliphatic rings. The van der Waals surface area contributed by atoms with E-state index in [0.29, 0.717) is 6.42 Å². The van der Waals surface area contributed by atoms with Gasteiger partial charge < -0.3 is 9.66 Å². The zero-order valence-corrected chi connectivity index (χ0v) is 13.2. The fraction of sp³-hybridized carbons (Fsp3) is 0.733. The van der Waals surface area contributed by atoms with Crippen LogP contribution in [0, 0.1) is 5.41 Å². The summed E-state index contributed by atoms with van der Waals surface area (Å²) >= 11 is -2.12. The number of aliphatic hydroxyl groups is 1. The zero-order chi connectivity index (χ0) is 14.6. The van der Waals surface area contributed by atoms with Crippen molar-refractivity contribution >= 4 is 11.1 Å². The van der Waals surface area contributed by atoms with Crippen LogP contribution in [0.25, 0.3) is 0 Å². The lowest BCUT2D eigenvalue weighted by atomic mass is 9.71. The highest BCUT2D eigenvalue weighted by molar-refractivity contribution is 7.80. The molecule has 0 heterocycles. The number of hydrogen-bond donors (Lipinski definition) is 1. The second-order valence-electron chi connectivity index (χ2n) is 6.12. The van der Waals surface area contributed by atoms with E-state index in [1.54, 1.807) is 6.08 Å². The Bertz CT molecular complexity index is 408. The Labute approximate surface area is 119 Å². The summed E-state index contributed by atoms with van der Waals surface area (Å²) in [5, 5.41) is 8.45. The van der Waals surface area contributed by atoms with Gasteiger partial charge in [0.1, 0.15) is 0 Å². The van der Waals surface area contributed by atoms with E-state index < -0.39 is 16.3 Å². The lowest BCUT2D eigenvalue weighted by Crippen LogP contribution is -2.32. The van der Waals surface area contributed by atoms with E-state index >= 15 is 0 Å². The molecule has 110 valence electrons. The Morgan fingerprint density at radius 3 is 2.68 bits per heavy atom. The van der Waals surface area contributed by atoms with Crippen molar-refractivity contribution in [2.45, 2.75) is 58.6 Å². The molecule has 0 aliphatic heterocycles. The molecule has 1 rings (SSSR count). The van der Waals surface area contributed by atoms with Gasteiger partial charge in [-0.15, -0.1) is 0 Å². The summed E-state index contributed by atoms with van der Waals surface area (Å²) in [6.07, 6.45) is 5.33. The lowest BCUT2D eigenvalue weighted by molar-refractivity contribution is 0.340. The van der Waals surface area contributed by atoms with Crippen molar-refractivity contribution in [2.75, 3.05) is 6.61 Å². The summed E-state index contributed by atoms with van der Waals surface area (Å²) in [4.78, 5) is 0. The maximum atomic E-state index is 11.6. The molecule has 4 heteroatoms. The van der Waals surface area contributed by atoms with Crippen LogP contribution in [0.4, 0.5) is 0 Å². The molecule has 0 radical (unpaired) electrons. The third-order valence-corrected chi connectivity index (χ3v) is 4.91.